The summed E-state index contributed by atoms with van der Waals surface area (Å²) in [5, 5.41) is 0. The summed E-state index contributed by atoms with van der Waals surface area (Å²) in [4.78, 5) is 8.16. The maximum atomic E-state index is 12.8. The van der Waals surface area contributed by atoms with Gasteiger partial charge in [0, 0.05) is 6.04 Å². The van der Waals surface area contributed by atoms with Crippen LogP contribution in [0.4, 0.5) is 39.5 Å². The normalized spacial score (nSPS) is 17.5. The molecule has 0 aromatic carbocycles. The van der Waals surface area contributed by atoms with Crippen molar-refractivity contribution in [1.29, 1.82) is 0 Å². The van der Waals surface area contributed by atoms with Crippen LogP contribution in [0.2, 0.25) is 6.04 Å². The van der Waals surface area contributed by atoms with E-state index in [9.17, 15) is 39.5 Å². The van der Waals surface area contributed by atoms with Crippen molar-refractivity contribution in [3.8, 4) is 0 Å². The van der Waals surface area contributed by atoms with Gasteiger partial charge in [-0.1, -0.05) is 0 Å². The smallest absolute Gasteiger partial charge is 0.381 e. The van der Waals surface area contributed by atoms with Crippen molar-refractivity contribution >= 4 is 9.76 Å². The average Bonchev–Trinajstić information content (AvgIpc) is 2.16. The van der Waals surface area contributed by atoms with Gasteiger partial charge in [0.1, 0.15) is 0 Å². The first kappa shape index (κ1) is 17.5. The van der Waals surface area contributed by atoms with Crippen molar-refractivity contribution in [3.05, 3.63) is 0 Å². The highest BCUT2D eigenvalue weighted by Gasteiger charge is 2.81. The van der Waals surface area contributed by atoms with Crippen molar-refractivity contribution < 1.29 is 44.3 Å². The van der Waals surface area contributed by atoms with Gasteiger partial charge in [-0.15, -0.1) is 0 Å². The van der Waals surface area contributed by atoms with Gasteiger partial charge in [-0.05, 0) is 6.92 Å². The number of halogens is 9. The molecule has 0 fully saturated rings. The fraction of sp³-hybridized carbons (Fsp3) is 1.00. The van der Waals surface area contributed by atoms with Gasteiger partial charge >= 0.3 is 23.7 Å². The molecule has 0 saturated carbocycles. The van der Waals surface area contributed by atoms with E-state index >= 15 is 0 Å². The van der Waals surface area contributed by atoms with Crippen LogP contribution in [-0.2, 0) is 0 Å². The summed E-state index contributed by atoms with van der Waals surface area (Å²) in [7, 11) is -2.79. The monoisotopic (exact) mass is 308 g/mol. The summed E-state index contributed by atoms with van der Waals surface area (Å²) in [5.41, 5.74) is 0. The topological polar surface area (TPSA) is 20.2 Å². The first-order chi connectivity index (χ1) is 7.75. The zero-order chi connectivity index (χ0) is 15.0. The first-order valence-electron chi connectivity index (χ1n) is 4.52. The Labute approximate surface area is 97.9 Å². The molecule has 1 nitrogen and oxygen atoms in total. The van der Waals surface area contributed by atoms with Crippen LogP contribution in [0.5, 0.6) is 0 Å². The van der Waals surface area contributed by atoms with Crippen LogP contribution in [0, 0.1) is 0 Å². The van der Waals surface area contributed by atoms with E-state index < -0.39 is 45.7 Å². The molecule has 0 rings (SSSR count). The summed E-state index contributed by atoms with van der Waals surface area (Å²) in [6, 6.07) is -2.02. The Hall–Kier alpha value is -0.453. The molecule has 0 spiro atoms. The number of alkyl halides is 9. The van der Waals surface area contributed by atoms with Gasteiger partial charge in [0.05, 0.1) is 0 Å². The molecule has 0 aliphatic heterocycles. The molecule has 0 aliphatic carbocycles. The molecule has 0 saturated heterocycles. The minimum absolute atomic E-state index is 0.150. The molecule has 0 radical (unpaired) electrons. The van der Waals surface area contributed by atoms with E-state index in [0.29, 0.717) is 0 Å². The molecule has 0 bridgehead atoms. The van der Waals surface area contributed by atoms with E-state index in [1.54, 1.807) is 0 Å². The van der Waals surface area contributed by atoms with Crippen LogP contribution < -0.4 is 0 Å². The lowest BCUT2D eigenvalue weighted by molar-refractivity contribution is -0.370. The molecule has 0 aromatic rings. The van der Waals surface area contributed by atoms with Crippen LogP contribution in [0.1, 0.15) is 6.92 Å². The molecular weight excluding hydrogens is 299 g/mol. The SMILES string of the molecule is CC(F)C(F)(F)C(F)(F)C(F)(F)C(F)(F)C[SiH2]O. The van der Waals surface area contributed by atoms with Gasteiger partial charge in [-0.3, -0.25) is 0 Å². The fourth-order valence-corrected chi connectivity index (χ4v) is 1.58. The molecule has 0 aliphatic rings. The van der Waals surface area contributed by atoms with Gasteiger partial charge in [0.15, 0.2) is 15.9 Å². The lowest BCUT2D eigenvalue weighted by Gasteiger charge is -2.37. The lowest BCUT2D eigenvalue weighted by atomic mass is 9.97. The maximum Gasteiger partial charge on any atom is 0.381 e. The van der Waals surface area contributed by atoms with Crippen LogP contribution in [-0.4, -0.2) is 44.4 Å². The highest BCUT2D eigenvalue weighted by Crippen LogP contribution is 2.54. The molecule has 11 heteroatoms. The van der Waals surface area contributed by atoms with E-state index in [4.69, 9.17) is 4.80 Å². The van der Waals surface area contributed by atoms with E-state index in [1.165, 1.54) is 0 Å². The standard InChI is InChI=1S/C7H9F9OSi/c1-3(8)5(11,12)7(15,16)6(13,14)4(9,10)2-18-17/h3,17H,2,18H2,1H3. The Bertz CT molecular complexity index is 291. The summed E-state index contributed by atoms with van der Waals surface area (Å²) >= 11 is 0. The second-order valence-corrected chi connectivity index (χ2v) is 4.51. The third-order valence-electron chi connectivity index (χ3n) is 2.20. The molecule has 0 heterocycles. The van der Waals surface area contributed by atoms with E-state index in [1.807, 2.05) is 0 Å². The third-order valence-corrected chi connectivity index (χ3v) is 3.05. The predicted molar refractivity (Wildman–Crippen MR) is 45.9 cm³/mol. The Kier molecular flexibility index (Phi) is 4.78. The van der Waals surface area contributed by atoms with Gasteiger partial charge in [0.25, 0.3) is 0 Å². The van der Waals surface area contributed by atoms with Crippen molar-refractivity contribution in [2.75, 3.05) is 0 Å². The van der Waals surface area contributed by atoms with Crippen LogP contribution in [0.25, 0.3) is 0 Å². The molecular formula is C7H9F9OSi. The summed E-state index contributed by atoms with van der Waals surface area (Å²) in [6.45, 7) is -0.150. The van der Waals surface area contributed by atoms with Gasteiger partial charge < -0.3 is 4.80 Å². The van der Waals surface area contributed by atoms with Gasteiger partial charge in [-0.25, -0.2) is 4.39 Å². The molecule has 18 heavy (non-hydrogen) atoms. The highest BCUT2D eigenvalue weighted by molar-refractivity contribution is 6.25. The van der Waals surface area contributed by atoms with E-state index in [2.05, 4.69) is 0 Å². The van der Waals surface area contributed by atoms with Crippen LogP contribution in [0.3, 0.4) is 0 Å². The summed E-state index contributed by atoms with van der Waals surface area (Å²) in [5.74, 6) is -24.6. The zero-order valence-corrected chi connectivity index (χ0v) is 10.3. The van der Waals surface area contributed by atoms with E-state index in [0.717, 1.165) is 0 Å². The number of hydrogen-bond donors (Lipinski definition) is 1. The van der Waals surface area contributed by atoms with Crippen LogP contribution in [0.15, 0.2) is 0 Å². The van der Waals surface area contributed by atoms with Crippen molar-refractivity contribution in [2.45, 2.75) is 42.8 Å². The highest BCUT2D eigenvalue weighted by atomic mass is 28.2. The third kappa shape index (κ3) is 2.46. The molecule has 1 atom stereocenters. The Morgan fingerprint density at radius 1 is 0.944 bits per heavy atom. The summed E-state index contributed by atoms with van der Waals surface area (Å²) < 4.78 is 114. The molecule has 0 aromatic heterocycles. The largest absolute Gasteiger partial charge is 0.438 e. The second kappa shape index (κ2) is 4.91. The fourth-order valence-electron chi connectivity index (χ4n) is 0.986. The van der Waals surface area contributed by atoms with Crippen molar-refractivity contribution in [3.63, 3.8) is 0 Å². The minimum Gasteiger partial charge on any atom is -0.438 e. The van der Waals surface area contributed by atoms with Crippen molar-refractivity contribution in [2.24, 2.45) is 0 Å². The molecule has 0 amide bonds. The molecule has 1 unspecified atom stereocenters. The first-order valence-corrected chi connectivity index (χ1v) is 6.15. The second-order valence-electron chi connectivity index (χ2n) is 3.57. The maximum absolute atomic E-state index is 12.8. The van der Waals surface area contributed by atoms with Crippen molar-refractivity contribution in [1.82, 2.24) is 0 Å². The minimum atomic E-state index is -6.58. The number of rotatable bonds is 6. The zero-order valence-electron chi connectivity index (χ0n) is 8.84. The molecule has 1 N–H and O–H groups in total. The Morgan fingerprint density at radius 3 is 1.61 bits per heavy atom. The van der Waals surface area contributed by atoms with E-state index in [-0.39, 0.29) is 6.92 Å². The predicted octanol–water partition coefficient (Wildman–Crippen LogP) is 2.38. The molecule has 110 valence electrons. The summed E-state index contributed by atoms with van der Waals surface area (Å²) in [6.07, 6.45) is -3.75. The van der Waals surface area contributed by atoms with Crippen LogP contribution >= 0.6 is 0 Å². The van der Waals surface area contributed by atoms with Gasteiger partial charge in [0.2, 0.25) is 0 Å². The Morgan fingerprint density at radius 2 is 1.33 bits per heavy atom. The lowest BCUT2D eigenvalue weighted by Crippen LogP contribution is -2.64. The quantitative estimate of drug-likeness (QED) is 0.590. The average molecular weight is 308 g/mol. The number of hydrogen-bond acceptors (Lipinski definition) is 1. The van der Waals surface area contributed by atoms with Gasteiger partial charge in [-0.2, -0.15) is 35.1 Å². The Balaban J connectivity index is 5.58.